The van der Waals surface area contributed by atoms with Gasteiger partial charge >= 0.3 is 0 Å². The molecule has 0 N–H and O–H groups in total. The van der Waals surface area contributed by atoms with Crippen LogP contribution in [0.25, 0.3) is 0 Å². The fraction of sp³-hybridized carbons (Fsp3) is 0.739. The van der Waals surface area contributed by atoms with Crippen molar-refractivity contribution in [3.05, 3.63) is 36.5 Å². The Labute approximate surface area is 147 Å². The normalized spacial score (nSPS) is 12.2. The monoisotopic (exact) mass is 318 g/mol. The van der Waals surface area contributed by atoms with Gasteiger partial charge in [-0.1, -0.05) is 95.1 Å². The zero-order valence-electron chi connectivity index (χ0n) is 16.1. The molecule has 0 amide bonds. The van der Waals surface area contributed by atoms with Crippen LogP contribution in [0.2, 0.25) is 0 Å². The first kappa shape index (κ1) is 22.2. The molecule has 0 rings (SSSR count). The Morgan fingerprint density at radius 2 is 1.26 bits per heavy atom. The number of unbranched alkanes of at least 4 members (excludes halogenated alkanes) is 10. The molecular weight excluding hydrogens is 276 g/mol. The van der Waals surface area contributed by atoms with Crippen molar-refractivity contribution in [3.63, 3.8) is 0 Å². The third-order valence-corrected chi connectivity index (χ3v) is 4.42. The van der Waals surface area contributed by atoms with E-state index in [0.717, 1.165) is 6.42 Å². The van der Waals surface area contributed by atoms with Gasteiger partial charge in [0.1, 0.15) is 0 Å². The molecule has 134 valence electrons. The molecule has 0 atom stereocenters. The topological polar surface area (TPSA) is 0 Å². The van der Waals surface area contributed by atoms with E-state index in [2.05, 4.69) is 44.7 Å². The van der Waals surface area contributed by atoms with Crippen LogP contribution in [0.3, 0.4) is 0 Å². The highest BCUT2D eigenvalue weighted by Crippen LogP contribution is 2.15. The van der Waals surface area contributed by atoms with Gasteiger partial charge in [0.05, 0.1) is 0 Å². The summed E-state index contributed by atoms with van der Waals surface area (Å²) >= 11 is 0. The lowest BCUT2D eigenvalue weighted by atomic mass is 10.0. The Kier molecular flexibility index (Phi) is 18.6. The summed E-state index contributed by atoms with van der Waals surface area (Å²) < 4.78 is 0. The van der Waals surface area contributed by atoms with E-state index in [1.54, 1.807) is 5.57 Å². The molecule has 0 aromatic carbocycles. The minimum Gasteiger partial charge on any atom is -0.103 e. The highest BCUT2D eigenvalue weighted by Gasteiger charge is 1.95. The third-order valence-electron chi connectivity index (χ3n) is 4.42. The maximum absolute atomic E-state index is 3.90. The van der Waals surface area contributed by atoms with Crippen molar-refractivity contribution in [1.82, 2.24) is 0 Å². The first-order valence-electron chi connectivity index (χ1n) is 10.3. The van der Waals surface area contributed by atoms with Crippen molar-refractivity contribution in [1.29, 1.82) is 0 Å². The third kappa shape index (κ3) is 17.4. The lowest BCUT2D eigenvalue weighted by molar-refractivity contribution is 0.635. The van der Waals surface area contributed by atoms with Gasteiger partial charge in [-0.2, -0.15) is 0 Å². The fourth-order valence-corrected chi connectivity index (χ4v) is 2.90. The van der Waals surface area contributed by atoms with Crippen LogP contribution in [0.5, 0.6) is 0 Å². The van der Waals surface area contributed by atoms with E-state index >= 15 is 0 Å². The Bertz CT molecular complexity index is 295. The van der Waals surface area contributed by atoms with Gasteiger partial charge in [-0.05, 0) is 44.9 Å². The number of hydrogen-bond acceptors (Lipinski definition) is 0. The van der Waals surface area contributed by atoms with Crippen LogP contribution in [0.4, 0.5) is 0 Å². The fourth-order valence-electron chi connectivity index (χ4n) is 2.90. The molecule has 0 fully saturated rings. The van der Waals surface area contributed by atoms with Crippen LogP contribution in [0, 0.1) is 0 Å². The smallest absolute Gasteiger partial charge is 0.0141 e. The van der Waals surface area contributed by atoms with E-state index < -0.39 is 0 Å². The molecule has 0 aliphatic rings. The van der Waals surface area contributed by atoms with Gasteiger partial charge in [0.15, 0.2) is 0 Å². The SMILES string of the molecule is C=CC/C(=C/CCCCCCC)CC/C=C\CCCCCCC. The van der Waals surface area contributed by atoms with Crippen LogP contribution in [0.1, 0.15) is 110 Å². The van der Waals surface area contributed by atoms with Gasteiger partial charge in [0.2, 0.25) is 0 Å². The molecule has 0 unspecified atom stereocenters. The Morgan fingerprint density at radius 1 is 0.696 bits per heavy atom. The summed E-state index contributed by atoms with van der Waals surface area (Å²) in [6.45, 7) is 8.46. The molecule has 0 heterocycles. The number of rotatable bonds is 17. The summed E-state index contributed by atoms with van der Waals surface area (Å²) in [6, 6.07) is 0. The summed E-state index contributed by atoms with van der Waals surface area (Å²) in [5.41, 5.74) is 1.59. The van der Waals surface area contributed by atoms with Crippen molar-refractivity contribution in [2.75, 3.05) is 0 Å². The van der Waals surface area contributed by atoms with Crippen molar-refractivity contribution in [2.45, 2.75) is 110 Å². The average Bonchev–Trinajstić information content (AvgIpc) is 2.56. The van der Waals surface area contributed by atoms with Crippen LogP contribution in [-0.2, 0) is 0 Å². The van der Waals surface area contributed by atoms with E-state index in [9.17, 15) is 0 Å². The first-order chi connectivity index (χ1) is 11.3. The largest absolute Gasteiger partial charge is 0.103 e. The van der Waals surface area contributed by atoms with Crippen molar-refractivity contribution in [3.8, 4) is 0 Å². The summed E-state index contributed by atoms with van der Waals surface area (Å²) in [7, 11) is 0. The van der Waals surface area contributed by atoms with Crippen LogP contribution in [0.15, 0.2) is 36.5 Å². The predicted octanol–water partition coefficient (Wildman–Crippen LogP) is 8.55. The van der Waals surface area contributed by atoms with Gasteiger partial charge in [-0.15, -0.1) is 6.58 Å². The number of hydrogen-bond donors (Lipinski definition) is 0. The second-order valence-electron chi connectivity index (χ2n) is 6.77. The van der Waals surface area contributed by atoms with Gasteiger partial charge in [-0.3, -0.25) is 0 Å². The van der Waals surface area contributed by atoms with Gasteiger partial charge in [0, 0.05) is 0 Å². The lowest BCUT2D eigenvalue weighted by Crippen LogP contribution is -1.84. The molecule has 0 aromatic heterocycles. The minimum atomic E-state index is 1.07. The number of allylic oxidation sites excluding steroid dienone is 5. The maximum atomic E-state index is 3.90. The molecule has 0 saturated heterocycles. The maximum Gasteiger partial charge on any atom is -0.0141 e. The van der Waals surface area contributed by atoms with Gasteiger partial charge in [0.25, 0.3) is 0 Å². The van der Waals surface area contributed by atoms with Crippen molar-refractivity contribution in [2.24, 2.45) is 0 Å². The van der Waals surface area contributed by atoms with E-state index in [1.807, 2.05) is 0 Å². The van der Waals surface area contributed by atoms with Crippen LogP contribution >= 0.6 is 0 Å². The predicted molar refractivity (Wildman–Crippen MR) is 108 cm³/mol. The summed E-state index contributed by atoms with van der Waals surface area (Å²) in [5.74, 6) is 0. The zero-order valence-corrected chi connectivity index (χ0v) is 16.1. The van der Waals surface area contributed by atoms with E-state index in [1.165, 1.54) is 89.9 Å². The average molecular weight is 319 g/mol. The highest BCUT2D eigenvalue weighted by atomic mass is 14.0. The second kappa shape index (κ2) is 19.3. The molecule has 0 radical (unpaired) electrons. The molecule has 0 saturated carbocycles. The van der Waals surface area contributed by atoms with Gasteiger partial charge in [-0.25, -0.2) is 0 Å². The zero-order chi connectivity index (χ0) is 17.0. The van der Waals surface area contributed by atoms with Crippen molar-refractivity contribution < 1.29 is 0 Å². The molecular formula is C23H42. The Hall–Kier alpha value is -0.780. The molecule has 0 heteroatoms. The van der Waals surface area contributed by atoms with Crippen LogP contribution < -0.4 is 0 Å². The highest BCUT2D eigenvalue weighted by molar-refractivity contribution is 5.07. The second-order valence-corrected chi connectivity index (χ2v) is 6.77. The lowest BCUT2D eigenvalue weighted by Gasteiger charge is -2.04. The standard InChI is InChI=1S/C23H42/c1-4-7-9-11-13-14-15-17-19-22-23(20-6-3)21-18-16-12-10-8-5-2/h6,15,17,21H,3-5,7-14,16,18-20,22H2,1-2H3/b17-15-,23-21-. The summed E-state index contributed by atoms with van der Waals surface area (Å²) in [4.78, 5) is 0. The molecule has 0 spiro atoms. The summed E-state index contributed by atoms with van der Waals surface area (Å²) in [5, 5.41) is 0. The minimum absolute atomic E-state index is 1.07. The van der Waals surface area contributed by atoms with E-state index in [0.29, 0.717) is 0 Å². The molecule has 0 aliphatic carbocycles. The quantitative estimate of drug-likeness (QED) is 0.186. The summed E-state index contributed by atoms with van der Waals surface area (Å²) in [6.07, 6.45) is 29.1. The molecule has 0 aliphatic heterocycles. The Balaban J connectivity index is 3.71. The Morgan fingerprint density at radius 3 is 1.87 bits per heavy atom. The van der Waals surface area contributed by atoms with E-state index in [-0.39, 0.29) is 0 Å². The van der Waals surface area contributed by atoms with E-state index in [4.69, 9.17) is 0 Å². The molecule has 0 aromatic rings. The van der Waals surface area contributed by atoms with Gasteiger partial charge < -0.3 is 0 Å². The van der Waals surface area contributed by atoms with Crippen molar-refractivity contribution >= 4 is 0 Å². The first-order valence-corrected chi connectivity index (χ1v) is 10.3. The molecule has 0 nitrogen and oxygen atoms in total. The van der Waals surface area contributed by atoms with Crippen LogP contribution in [-0.4, -0.2) is 0 Å². The molecule has 23 heavy (non-hydrogen) atoms. The molecule has 0 bridgehead atoms.